The SMILES string of the molecule is CO[C-]=O.CO[C-]=O.[Pd+2].c1ccc(-c2ccccn2)nc1. The number of carbonyl (C=O) groups excluding carboxylic acids is 2. The van der Waals surface area contributed by atoms with E-state index in [0.29, 0.717) is 0 Å². The Balaban J connectivity index is 0. The molecular formula is C14H14N2O4Pd. The van der Waals surface area contributed by atoms with Crippen LogP contribution in [0.5, 0.6) is 0 Å². The molecule has 2 rings (SSSR count). The van der Waals surface area contributed by atoms with Gasteiger partial charge in [-0.3, -0.25) is 9.97 Å². The van der Waals surface area contributed by atoms with E-state index in [2.05, 4.69) is 19.4 Å². The van der Waals surface area contributed by atoms with Crippen LogP contribution in [-0.2, 0) is 39.5 Å². The first kappa shape index (κ1) is 21.2. The first-order valence-corrected chi connectivity index (χ1v) is 5.42. The van der Waals surface area contributed by atoms with Crippen LogP contribution in [0.15, 0.2) is 48.8 Å². The van der Waals surface area contributed by atoms with E-state index in [-0.39, 0.29) is 20.4 Å². The van der Waals surface area contributed by atoms with Gasteiger partial charge in [-0.15, -0.1) is 0 Å². The summed E-state index contributed by atoms with van der Waals surface area (Å²) in [6.07, 6.45) is 3.54. The van der Waals surface area contributed by atoms with Crippen molar-refractivity contribution in [3.05, 3.63) is 48.8 Å². The fraction of sp³-hybridized carbons (Fsp3) is 0.143. The molecule has 0 unspecified atom stereocenters. The standard InChI is InChI=1S/C10H8N2.2C2H3O2.Pd/c1-3-7-11-9(5-1)10-6-2-4-8-12-10;2*1-4-2-3;/h1-8H;2*1H3;/q;2*-1;+2. The van der Waals surface area contributed by atoms with Gasteiger partial charge in [-0.2, -0.15) is 0 Å². The van der Waals surface area contributed by atoms with Crippen LogP contribution in [0.2, 0.25) is 0 Å². The molecule has 0 radical (unpaired) electrons. The van der Waals surface area contributed by atoms with Gasteiger partial charge in [0.15, 0.2) is 0 Å². The molecule has 114 valence electrons. The molecule has 0 bridgehead atoms. The van der Waals surface area contributed by atoms with E-state index in [1.54, 1.807) is 12.4 Å². The van der Waals surface area contributed by atoms with Gasteiger partial charge >= 0.3 is 20.4 Å². The van der Waals surface area contributed by atoms with Gasteiger partial charge in [-0.05, 0) is 24.3 Å². The van der Waals surface area contributed by atoms with Crippen LogP contribution in [0.1, 0.15) is 0 Å². The van der Waals surface area contributed by atoms with E-state index < -0.39 is 0 Å². The van der Waals surface area contributed by atoms with Crippen molar-refractivity contribution >= 4 is 12.9 Å². The monoisotopic (exact) mass is 380 g/mol. The predicted octanol–water partition coefficient (Wildman–Crippen LogP) is 1.54. The summed E-state index contributed by atoms with van der Waals surface area (Å²) < 4.78 is 7.47. The molecule has 0 saturated carbocycles. The summed E-state index contributed by atoms with van der Waals surface area (Å²) in [7, 11) is 2.51. The van der Waals surface area contributed by atoms with Crippen molar-refractivity contribution in [3.63, 3.8) is 0 Å². The van der Waals surface area contributed by atoms with E-state index in [0.717, 1.165) is 11.4 Å². The maximum atomic E-state index is 8.83. The zero-order chi connectivity index (χ0) is 15.1. The fourth-order valence-corrected chi connectivity index (χ4v) is 1.03. The number of aromatic nitrogens is 2. The van der Waals surface area contributed by atoms with Crippen molar-refractivity contribution < 1.29 is 39.5 Å². The van der Waals surface area contributed by atoms with E-state index in [4.69, 9.17) is 9.59 Å². The maximum Gasteiger partial charge on any atom is 2.00 e. The van der Waals surface area contributed by atoms with E-state index in [1.807, 2.05) is 36.4 Å². The average molecular weight is 381 g/mol. The van der Waals surface area contributed by atoms with Gasteiger partial charge in [0.1, 0.15) is 0 Å². The summed E-state index contributed by atoms with van der Waals surface area (Å²) in [6.45, 7) is 2.36. The quantitative estimate of drug-likeness (QED) is 0.594. The van der Waals surface area contributed by atoms with E-state index in [9.17, 15) is 0 Å². The molecular weight excluding hydrogens is 367 g/mol. The molecule has 0 aliphatic rings. The molecule has 2 heterocycles. The predicted molar refractivity (Wildman–Crippen MR) is 72.9 cm³/mol. The van der Waals surface area contributed by atoms with Crippen LogP contribution in [0.4, 0.5) is 0 Å². The van der Waals surface area contributed by atoms with Crippen molar-refractivity contribution in [1.82, 2.24) is 9.97 Å². The molecule has 2 aromatic rings. The number of pyridine rings is 2. The third kappa shape index (κ3) is 11.4. The van der Waals surface area contributed by atoms with Crippen LogP contribution >= 0.6 is 0 Å². The minimum absolute atomic E-state index is 0. The zero-order valence-corrected chi connectivity index (χ0v) is 13.0. The number of nitrogens with zero attached hydrogens (tertiary/aromatic N) is 2. The molecule has 0 fully saturated rings. The number of hydrogen-bond acceptors (Lipinski definition) is 6. The third-order valence-corrected chi connectivity index (χ3v) is 1.76. The Morgan fingerprint density at radius 2 is 1.14 bits per heavy atom. The van der Waals surface area contributed by atoms with Gasteiger partial charge in [-0.25, -0.2) is 0 Å². The zero-order valence-electron chi connectivity index (χ0n) is 11.5. The average Bonchev–Trinajstić information content (AvgIpc) is 2.57. The molecule has 0 aliphatic heterocycles. The molecule has 2 aromatic heterocycles. The second-order valence-corrected chi connectivity index (χ2v) is 3.00. The van der Waals surface area contributed by atoms with Gasteiger partial charge in [0.25, 0.3) is 0 Å². The van der Waals surface area contributed by atoms with Crippen molar-refractivity contribution in [2.45, 2.75) is 0 Å². The normalized spacial score (nSPS) is 7.52. The molecule has 0 amide bonds. The second-order valence-electron chi connectivity index (χ2n) is 3.00. The first-order valence-electron chi connectivity index (χ1n) is 5.42. The summed E-state index contributed by atoms with van der Waals surface area (Å²) in [4.78, 5) is 26.0. The number of hydrogen-bond donors (Lipinski definition) is 0. The number of ether oxygens (including phenoxy) is 2. The Kier molecular flexibility index (Phi) is 16.1. The summed E-state index contributed by atoms with van der Waals surface area (Å²) in [5.74, 6) is 0. The second kappa shape index (κ2) is 16.0. The van der Waals surface area contributed by atoms with Crippen LogP contribution in [0.25, 0.3) is 11.4 Å². The Labute approximate surface area is 137 Å². The summed E-state index contributed by atoms with van der Waals surface area (Å²) in [5.41, 5.74) is 1.83. The van der Waals surface area contributed by atoms with Gasteiger partial charge in [0.2, 0.25) is 0 Å². The van der Waals surface area contributed by atoms with Gasteiger partial charge < -0.3 is 19.1 Å². The molecule has 0 aliphatic carbocycles. The fourth-order valence-electron chi connectivity index (χ4n) is 1.03. The summed E-state index contributed by atoms with van der Waals surface area (Å²) >= 11 is 0. The smallest absolute Gasteiger partial charge is 0.655 e. The van der Waals surface area contributed by atoms with Crippen molar-refractivity contribution in [2.24, 2.45) is 0 Å². The summed E-state index contributed by atoms with van der Waals surface area (Å²) in [5, 5.41) is 0. The van der Waals surface area contributed by atoms with Gasteiger partial charge in [0, 0.05) is 26.6 Å². The number of methoxy groups -OCH3 is 2. The van der Waals surface area contributed by atoms with Gasteiger partial charge in [-0.1, -0.05) is 25.1 Å². The van der Waals surface area contributed by atoms with Crippen molar-refractivity contribution in [2.75, 3.05) is 14.2 Å². The minimum atomic E-state index is 0. The molecule has 21 heavy (non-hydrogen) atoms. The largest absolute Gasteiger partial charge is 2.00 e. The van der Waals surface area contributed by atoms with Crippen LogP contribution < -0.4 is 0 Å². The van der Waals surface area contributed by atoms with E-state index in [1.165, 1.54) is 27.2 Å². The first-order chi connectivity index (χ1) is 9.79. The Morgan fingerprint density at radius 1 is 0.810 bits per heavy atom. The number of rotatable bonds is 3. The molecule has 0 saturated heterocycles. The third-order valence-electron chi connectivity index (χ3n) is 1.76. The Morgan fingerprint density at radius 3 is 1.33 bits per heavy atom. The van der Waals surface area contributed by atoms with Crippen LogP contribution in [0.3, 0.4) is 0 Å². The maximum absolute atomic E-state index is 8.83. The summed E-state index contributed by atoms with van der Waals surface area (Å²) in [6, 6.07) is 11.6. The van der Waals surface area contributed by atoms with Gasteiger partial charge in [0.05, 0.1) is 11.4 Å². The Bertz CT molecular complexity index is 423. The molecule has 0 spiro atoms. The van der Waals surface area contributed by atoms with Crippen LogP contribution in [0, 0.1) is 0 Å². The molecule has 0 atom stereocenters. The molecule has 0 aromatic carbocycles. The van der Waals surface area contributed by atoms with E-state index >= 15 is 0 Å². The molecule has 0 N–H and O–H groups in total. The van der Waals surface area contributed by atoms with Crippen LogP contribution in [-0.4, -0.2) is 37.1 Å². The van der Waals surface area contributed by atoms with Crippen molar-refractivity contribution in [1.29, 1.82) is 0 Å². The molecule has 7 heteroatoms. The Hall–Kier alpha value is -2.10. The topological polar surface area (TPSA) is 78.4 Å². The minimum Gasteiger partial charge on any atom is -0.655 e. The molecule has 6 nitrogen and oxygen atoms in total. The van der Waals surface area contributed by atoms with Crippen molar-refractivity contribution in [3.8, 4) is 11.4 Å².